The number of ketones is 1. The van der Waals surface area contributed by atoms with Crippen molar-refractivity contribution < 1.29 is 4.79 Å². The summed E-state index contributed by atoms with van der Waals surface area (Å²) in [6.45, 7) is 0. The van der Waals surface area contributed by atoms with Gasteiger partial charge < -0.3 is 4.90 Å². The molecule has 0 atom stereocenters. The molecule has 0 radical (unpaired) electrons. The molecule has 82 valence electrons. The first kappa shape index (κ1) is 12.2. The Bertz CT molecular complexity index is 475. The van der Waals surface area contributed by atoms with E-state index in [0.29, 0.717) is 0 Å². The Kier molecular flexibility index (Phi) is 4.03. The third kappa shape index (κ3) is 3.07. The van der Waals surface area contributed by atoms with Crippen LogP contribution in [0.5, 0.6) is 0 Å². The smallest absolute Gasteiger partial charge is 0.205 e. The van der Waals surface area contributed by atoms with Gasteiger partial charge in [0.25, 0.3) is 0 Å². The van der Waals surface area contributed by atoms with Crippen molar-refractivity contribution in [1.29, 1.82) is 5.26 Å². The summed E-state index contributed by atoms with van der Waals surface area (Å²) in [4.78, 5) is 17.2. The van der Waals surface area contributed by atoms with Gasteiger partial charge in [0.1, 0.15) is 11.8 Å². The maximum atomic E-state index is 11.6. The number of carbonyl (C=O) groups is 1. The van der Waals surface area contributed by atoms with Crippen molar-refractivity contribution in [3.8, 4) is 6.07 Å². The minimum atomic E-state index is -0.262. The second kappa shape index (κ2) is 5.29. The van der Waals surface area contributed by atoms with Crippen LogP contribution in [-0.2, 0) is 0 Å². The second-order valence-electron chi connectivity index (χ2n) is 3.28. The number of halogens is 1. The van der Waals surface area contributed by atoms with Gasteiger partial charge in [-0.1, -0.05) is 11.6 Å². The van der Waals surface area contributed by atoms with Crippen LogP contribution in [0.2, 0.25) is 5.02 Å². The average molecular weight is 236 g/mol. The standard InChI is InChI=1S/C11H10ClN3O/c1-15(2)6-5-11(16)9-4-3-8(12)10(7-13)14-9/h3-6H,1-2H3/b6-5+. The zero-order valence-corrected chi connectivity index (χ0v) is 9.69. The molecule has 16 heavy (non-hydrogen) atoms. The third-order valence-electron chi connectivity index (χ3n) is 1.73. The highest BCUT2D eigenvalue weighted by Crippen LogP contribution is 2.13. The molecule has 0 aliphatic heterocycles. The molecule has 4 nitrogen and oxygen atoms in total. The molecule has 1 heterocycles. The lowest BCUT2D eigenvalue weighted by atomic mass is 10.2. The summed E-state index contributed by atoms with van der Waals surface area (Å²) in [5.41, 5.74) is 0.268. The third-order valence-corrected chi connectivity index (χ3v) is 2.03. The number of allylic oxidation sites excluding steroid dienone is 1. The fourth-order valence-electron chi connectivity index (χ4n) is 0.960. The van der Waals surface area contributed by atoms with Crippen molar-refractivity contribution in [2.45, 2.75) is 0 Å². The van der Waals surface area contributed by atoms with Crippen LogP contribution in [0.4, 0.5) is 0 Å². The summed E-state index contributed by atoms with van der Waals surface area (Å²) in [5, 5.41) is 8.95. The first-order valence-electron chi connectivity index (χ1n) is 4.50. The fraction of sp³-hybridized carbons (Fsp3) is 0.182. The zero-order valence-electron chi connectivity index (χ0n) is 8.94. The maximum Gasteiger partial charge on any atom is 0.205 e. The molecule has 1 rings (SSSR count). The molecule has 1 aromatic rings. The SMILES string of the molecule is CN(C)/C=C/C(=O)c1ccc(Cl)c(C#N)n1. The van der Waals surface area contributed by atoms with Crippen molar-refractivity contribution in [1.82, 2.24) is 9.88 Å². The Morgan fingerprint density at radius 3 is 2.81 bits per heavy atom. The predicted molar refractivity (Wildman–Crippen MR) is 61.1 cm³/mol. The summed E-state index contributed by atoms with van der Waals surface area (Å²) >= 11 is 5.71. The molecule has 0 aliphatic carbocycles. The molecule has 0 saturated carbocycles. The highest BCUT2D eigenvalue weighted by atomic mass is 35.5. The molecule has 1 aromatic heterocycles. The van der Waals surface area contributed by atoms with E-state index < -0.39 is 0 Å². The van der Waals surface area contributed by atoms with Crippen molar-refractivity contribution in [2.24, 2.45) is 0 Å². The maximum absolute atomic E-state index is 11.6. The number of rotatable bonds is 3. The van der Waals surface area contributed by atoms with Crippen molar-refractivity contribution in [3.05, 3.63) is 40.8 Å². The van der Waals surface area contributed by atoms with Crippen molar-refractivity contribution in [2.75, 3.05) is 14.1 Å². The van der Waals surface area contributed by atoms with Crippen LogP contribution in [0.1, 0.15) is 16.2 Å². The number of carbonyl (C=O) groups excluding carboxylic acids is 1. The number of pyridine rings is 1. The Balaban J connectivity index is 2.98. The van der Waals surface area contributed by atoms with Gasteiger partial charge in [-0.25, -0.2) is 4.98 Å². The minimum absolute atomic E-state index is 0.0609. The number of nitrogens with zero attached hydrogens (tertiary/aromatic N) is 3. The Morgan fingerprint density at radius 2 is 2.25 bits per heavy atom. The molecule has 0 saturated heterocycles. The summed E-state index contributed by atoms with van der Waals surface area (Å²) < 4.78 is 0. The summed E-state index contributed by atoms with van der Waals surface area (Å²) in [7, 11) is 3.61. The molecule has 0 fully saturated rings. The van der Waals surface area contributed by atoms with Gasteiger partial charge in [0, 0.05) is 26.4 Å². The van der Waals surface area contributed by atoms with Crippen LogP contribution in [0.3, 0.4) is 0 Å². The van der Waals surface area contributed by atoms with Crippen molar-refractivity contribution in [3.63, 3.8) is 0 Å². The lowest BCUT2D eigenvalue weighted by molar-refractivity contribution is 0.104. The fourth-order valence-corrected chi connectivity index (χ4v) is 1.11. The van der Waals surface area contributed by atoms with Crippen molar-refractivity contribution >= 4 is 17.4 Å². The van der Waals surface area contributed by atoms with E-state index in [9.17, 15) is 4.79 Å². The van der Waals surface area contributed by atoms with Gasteiger partial charge >= 0.3 is 0 Å². The highest BCUT2D eigenvalue weighted by molar-refractivity contribution is 6.31. The Hall–Kier alpha value is -1.86. The highest BCUT2D eigenvalue weighted by Gasteiger charge is 2.07. The second-order valence-corrected chi connectivity index (χ2v) is 3.69. The molecule has 0 amide bonds. The normalized spacial score (nSPS) is 10.1. The molecular formula is C11H10ClN3O. The lowest BCUT2D eigenvalue weighted by Gasteiger charge is -2.02. The van der Waals surface area contributed by atoms with Gasteiger partial charge in [0.05, 0.1) is 5.02 Å². The van der Waals surface area contributed by atoms with Gasteiger partial charge in [0.15, 0.2) is 5.69 Å². The van der Waals surface area contributed by atoms with Gasteiger partial charge in [-0.05, 0) is 12.1 Å². The van der Waals surface area contributed by atoms with E-state index in [1.807, 2.05) is 6.07 Å². The van der Waals surface area contributed by atoms with Gasteiger partial charge in [0.2, 0.25) is 5.78 Å². The lowest BCUT2D eigenvalue weighted by Crippen LogP contribution is -2.05. The monoisotopic (exact) mass is 235 g/mol. The average Bonchev–Trinajstić information content (AvgIpc) is 2.26. The van der Waals surface area contributed by atoms with Crippen LogP contribution in [0, 0.1) is 11.3 Å². The molecule has 0 aromatic carbocycles. The van der Waals surface area contributed by atoms with Gasteiger partial charge in [-0.2, -0.15) is 5.26 Å². The number of hydrogen-bond donors (Lipinski definition) is 0. The molecule has 0 bridgehead atoms. The van der Waals surface area contributed by atoms with Crippen LogP contribution in [0.15, 0.2) is 24.4 Å². The largest absolute Gasteiger partial charge is 0.383 e. The molecule has 0 aliphatic rings. The van der Waals surface area contributed by atoms with E-state index in [1.54, 1.807) is 25.2 Å². The first-order valence-corrected chi connectivity index (χ1v) is 4.88. The molecule has 0 N–H and O–H groups in total. The van der Waals surface area contributed by atoms with Crippen LogP contribution in [-0.4, -0.2) is 29.8 Å². The van der Waals surface area contributed by atoms with E-state index in [2.05, 4.69) is 4.98 Å². The van der Waals surface area contributed by atoms with Gasteiger partial charge in [-0.3, -0.25) is 4.79 Å². The zero-order chi connectivity index (χ0) is 12.1. The van der Waals surface area contributed by atoms with Crippen LogP contribution >= 0.6 is 11.6 Å². The minimum Gasteiger partial charge on any atom is -0.383 e. The molecular weight excluding hydrogens is 226 g/mol. The van der Waals surface area contributed by atoms with E-state index in [1.165, 1.54) is 18.2 Å². The van der Waals surface area contributed by atoms with E-state index in [-0.39, 0.29) is 22.2 Å². The van der Waals surface area contributed by atoms with E-state index in [0.717, 1.165) is 0 Å². The topological polar surface area (TPSA) is 57.0 Å². The first-order chi connectivity index (χ1) is 7.54. The summed E-state index contributed by atoms with van der Waals surface area (Å²) in [5.74, 6) is -0.262. The number of nitriles is 1. The predicted octanol–water partition coefficient (Wildman–Crippen LogP) is 1.86. The summed E-state index contributed by atoms with van der Waals surface area (Å²) in [6.07, 6.45) is 3.00. The number of hydrogen-bond acceptors (Lipinski definition) is 4. The van der Waals surface area contributed by atoms with E-state index in [4.69, 9.17) is 16.9 Å². The van der Waals surface area contributed by atoms with E-state index >= 15 is 0 Å². The Labute approximate surface area is 98.8 Å². The molecule has 5 heteroatoms. The summed E-state index contributed by atoms with van der Waals surface area (Å²) in [6, 6.07) is 4.81. The van der Waals surface area contributed by atoms with Crippen LogP contribution in [0.25, 0.3) is 0 Å². The van der Waals surface area contributed by atoms with Gasteiger partial charge in [-0.15, -0.1) is 0 Å². The molecule has 0 unspecified atom stereocenters. The Morgan fingerprint density at radius 1 is 1.56 bits per heavy atom. The quantitative estimate of drug-likeness (QED) is 0.593. The number of aromatic nitrogens is 1. The van der Waals surface area contributed by atoms with Crippen LogP contribution < -0.4 is 0 Å². The molecule has 0 spiro atoms.